The highest BCUT2D eigenvalue weighted by Gasteiger charge is 2.31. The van der Waals surface area contributed by atoms with Crippen LogP contribution in [0.1, 0.15) is 31.2 Å². The Morgan fingerprint density at radius 3 is 2.55 bits per heavy atom. The number of carbonyl (C=O) groups excluding carboxylic acids is 1. The van der Waals surface area contributed by atoms with Gasteiger partial charge in [-0.05, 0) is 61.9 Å². The molecule has 2 aromatic heterocycles. The van der Waals surface area contributed by atoms with Crippen molar-refractivity contribution >= 4 is 46.6 Å². The van der Waals surface area contributed by atoms with Crippen LogP contribution in [0.4, 0.5) is 0 Å². The summed E-state index contributed by atoms with van der Waals surface area (Å²) in [5, 5.41) is 0.855. The molecule has 5 rings (SSSR count). The van der Waals surface area contributed by atoms with Gasteiger partial charge in [-0.15, -0.1) is 0 Å². The van der Waals surface area contributed by atoms with E-state index >= 15 is 0 Å². The molecule has 0 spiro atoms. The lowest BCUT2D eigenvalue weighted by Gasteiger charge is -2.23. The first-order valence-corrected chi connectivity index (χ1v) is 14.0. The Morgan fingerprint density at radius 2 is 1.82 bits per heavy atom. The van der Waals surface area contributed by atoms with Crippen LogP contribution in [0, 0.1) is 0 Å². The molecule has 0 saturated heterocycles. The van der Waals surface area contributed by atoms with Crippen LogP contribution >= 0.6 is 34.5 Å². The Labute approximate surface area is 243 Å². The number of nitrogens with zero attached hydrogens (tertiary/aromatic N) is 2. The summed E-state index contributed by atoms with van der Waals surface area (Å²) in [4.78, 5) is 31.4. The summed E-state index contributed by atoms with van der Waals surface area (Å²) in [7, 11) is 1.29. The van der Waals surface area contributed by atoms with Gasteiger partial charge in [0.25, 0.3) is 5.56 Å². The predicted octanol–water partition coefficient (Wildman–Crippen LogP) is 5.38. The number of fused-ring (bicyclic) bond motifs is 1. The third-order valence-electron chi connectivity index (χ3n) is 6.11. The van der Waals surface area contributed by atoms with E-state index in [2.05, 4.69) is 4.99 Å². The summed E-state index contributed by atoms with van der Waals surface area (Å²) in [6.45, 7) is 4.63. The molecule has 11 heteroatoms. The molecule has 3 heterocycles. The fourth-order valence-corrected chi connectivity index (χ4v) is 5.60. The van der Waals surface area contributed by atoms with Crippen molar-refractivity contribution in [3.05, 3.63) is 101 Å². The first-order chi connectivity index (χ1) is 19.3. The molecular weight excluding hydrogens is 575 g/mol. The lowest BCUT2D eigenvalue weighted by atomic mass is 9.97. The van der Waals surface area contributed by atoms with Gasteiger partial charge in [0.15, 0.2) is 16.3 Å². The number of hydrogen-bond donors (Lipinski definition) is 0. The molecule has 4 aromatic rings. The summed E-state index contributed by atoms with van der Waals surface area (Å²) in [6, 6.07) is 13.3. The molecule has 0 bridgehead atoms. The number of hydrogen-bond acceptors (Lipinski definition) is 8. The molecule has 0 unspecified atom stereocenters. The van der Waals surface area contributed by atoms with E-state index in [-0.39, 0.29) is 11.1 Å². The van der Waals surface area contributed by atoms with Crippen LogP contribution in [0.25, 0.3) is 17.4 Å². The molecule has 2 aromatic carbocycles. The highest BCUT2D eigenvalue weighted by molar-refractivity contribution is 7.07. The van der Waals surface area contributed by atoms with Gasteiger partial charge in [0, 0.05) is 17.8 Å². The second-order valence-corrected chi connectivity index (χ2v) is 10.4. The second-order valence-electron chi connectivity index (χ2n) is 8.58. The van der Waals surface area contributed by atoms with E-state index in [1.807, 2.05) is 13.8 Å². The predicted molar refractivity (Wildman–Crippen MR) is 154 cm³/mol. The second kappa shape index (κ2) is 11.8. The molecule has 0 amide bonds. The highest BCUT2D eigenvalue weighted by Crippen LogP contribution is 2.35. The number of furan rings is 1. The molecule has 0 saturated carbocycles. The normalized spacial score (nSPS) is 14.8. The van der Waals surface area contributed by atoms with Crippen LogP contribution in [0.15, 0.2) is 74.5 Å². The minimum absolute atomic E-state index is 0.216. The summed E-state index contributed by atoms with van der Waals surface area (Å²) >= 11 is 13.4. The molecule has 1 atom stereocenters. The quantitative estimate of drug-likeness (QED) is 0.253. The lowest BCUT2D eigenvalue weighted by Crippen LogP contribution is -2.39. The van der Waals surface area contributed by atoms with Crippen molar-refractivity contribution in [2.45, 2.75) is 19.9 Å². The van der Waals surface area contributed by atoms with E-state index in [4.69, 9.17) is 41.8 Å². The largest absolute Gasteiger partial charge is 0.490 e. The Hall–Kier alpha value is -3.79. The Bertz CT molecular complexity index is 1800. The van der Waals surface area contributed by atoms with Crippen LogP contribution in [-0.4, -0.2) is 30.9 Å². The molecule has 1 aliphatic heterocycles. The Balaban J connectivity index is 1.60. The summed E-state index contributed by atoms with van der Waals surface area (Å²) in [5.74, 6) is 1.53. The van der Waals surface area contributed by atoms with Gasteiger partial charge in [-0.25, -0.2) is 9.79 Å². The SMILES string of the molecule is CCOc1ccc([C@H]2C(C(=O)OC)=CN=c3s/c(=C/c4ccc(-c5ccc(Cl)c(Cl)c5)o4)c(=O)n32)cc1OCC. The first kappa shape index (κ1) is 27.8. The van der Waals surface area contributed by atoms with Gasteiger partial charge in [-0.2, -0.15) is 0 Å². The van der Waals surface area contributed by atoms with Crippen molar-refractivity contribution in [2.75, 3.05) is 20.3 Å². The number of carbonyl (C=O) groups is 1. The standard InChI is InChI=1S/C29H24Cl2N2O6S/c1-4-37-23-10-7-17(13-24(23)38-5-2)26-19(28(35)36-3)15-32-29-33(26)27(34)25(40-29)14-18-8-11-22(39-18)16-6-9-20(30)21(31)12-16/h6-15,26H,4-5H2,1-3H3/b25-14+/t26-/m0/s1. The number of esters is 1. The maximum atomic E-state index is 13.8. The number of rotatable bonds is 8. The van der Waals surface area contributed by atoms with Crippen molar-refractivity contribution in [2.24, 2.45) is 4.99 Å². The van der Waals surface area contributed by atoms with E-state index in [0.29, 0.717) is 61.2 Å². The van der Waals surface area contributed by atoms with E-state index in [1.54, 1.807) is 54.6 Å². The van der Waals surface area contributed by atoms with Crippen molar-refractivity contribution in [3.63, 3.8) is 0 Å². The molecular formula is C29H24Cl2N2O6S. The smallest absolute Gasteiger partial charge is 0.337 e. The number of halogens is 2. The fourth-order valence-electron chi connectivity index (χ4n) is 4.35. The molecule has 40 heavy (non-hydrogen) atoms. The zero-order valence-electron chi connectivity index (χ0n) is 21.8. The van der Waals surface area contributed by atoms with Crippen molar-refractivity contribution < 1.29 is 23.4 Å². The number of ether oxygens (including phenoxy) is 3. The minimum Gasteiger partial charge on any atom is -0.490 e. The number of thiazole rings is 1. The number of aromatic nitrogens is 1. The van der Waals surface area contributed by atoms with Crippen molar-refractivity contribution in [3.8, 4) is 22.8 Å². The summed E-state index contributed by atoms with van der Waals surface area (Å²) in [5.41, 5.74) is 1.28. The zero-order chi connectivity index (χ0) is 28.4. The lowest BCUT2D eigenvalue weighted by molar-refractivity contribution is -0.136. The van der Waals surface area contributed by atoms with Crippen LogP contribution in [0.5, 0.6) is 11.5 Å². The van der Waals surface area contributed by atoms with Gasteiger partial charge >= 0.3 is 5.97 Å². The maximum Gasteiger partial charge on any atom is 0.337 e. The monoisotopic (exact) mass is 598 g/mol. The van der Waals surface area contributed by atoms with Crippen LogP contribution in [0.2, 0.25) is 10.0 Å². The van der Waals surface area contributed by atoms with Gasteiger partial charge < -0.3 is 18.6 Å². The average molecular weight is 599 g/mol. The van der Waals surface area contributed by atoms with Gasteiger partial charge in [0.2, 0.25) is 0 Å². The van der Waals surface area contributed by atoms with E-state index in [1.165, 1.54) is 29.2 Å². The molecule has 8 nitrogen and oxygen atoms in total. The van der Waals surface area contributed by atoms with Crippen LogP contribution < -0.4 is 24.4 Å². The maximum absolute atomic E-state index is 13.8. The van der Waals surface area contributed by atoms with E-state index in [0.717, 1.165) is 5.56 Å². The molecule has 0 fully saturated rings. The first-order valence-electron chi connectivity index (χ1n) is 12.4. The Morgan fingerprint density at radius 1 is 1.05 bits per heavy atom. The molecule has 206 valence electrons. The number of methoxy groups -OCH3 is 1. The summed E-state index contributed by atoms with van der Waals surface area (Å²) < 4.78 is 24.4. The molecule has 0 radical (unpaired) electrons. The topological polar surface area (TPSA) is 92.3 Å². The zero-order valence-corrected chi connectivity index (χ0v) is 24.1. The van der Waals surface area contributed by atoms with Gasteiger partial charge in [0.1, 0.15) is 11.5 Å². The van der Waals surface area contributed by atoms with Crippen molar-refractivity contribution in [1.29, 1.82) is 0 Å². The minimum atomic E-state index is -0.788. The van der Waals surface area contributed by atoms with Gasteiger partial charge in [0.05, 0.1) is 46.5 Å². The van der Waals surface area contributed by atoms with Gasteiger partial charge in [-0.1, -0.05) is 40.6 Å². The molecule has 0 aliphatic carbocycles. The van der Waals surface area contributed by atoms with E-state index in [9.17, 15) is 9.59 Å². The molecule has 0 N–H and O–H groups in total. The number of benzene rings is 2. The third kappa shape index (κ3) is 5.32. The van der Waals surface area contributed by atoms with Crippen molar-refractivity contribution in [1.82, 2.24) is 4.57 Å². The van der Waals surface area contributed by atoms with Crippen LogP contribution in [-0.2, 0) is 9.53 Å². The molecule has 1 aliphatic rings. The Kier molecular flexibility index (Phi) is 8.16. The van der Waals surface area contributed by atoms with Crippen LogP contribution in [0.3, 0.4) is 0 Å². The fraction of sp³-hybridized carbons (Fsp3) is 0.207. The van der Waals surface area contributed by atoms with E-state index < -0.39 is 12.0 Å². The average Bonchev–Trinajstić information content (AvgIpc) is 3.55. The van der Waals surface area contributed by atoms with Gasteiger partial charge in [-0.3, -0.25) is 9.36 Å². The summed E-state index contributed by atoms with van der Waals surface area (Å²) in [6.07, 6.45) is 3.09. The third-order valence-corrected chi connectivity index (χ3v) is 7.85. The highest BCUT2D eigenvalue weighted by atomic mass is 35.5.